The normalized spacial score (nSPS) is 19.1. The number of nitrogens with one attached hydrogen (secondary N) is 2. The molecule has 1 atom stereocenters. The van der Waals surface area contributed by atoms with Crippen LogP contribution in [0.2, 0.25) is 0 Å². The van der Waals surface area contributed by atoms with Crippen molar-refractivity contribution >= 4 is 20.8 Å². The van der Waals surface area contributed by atoms with Crippen molar-refractivity contribution in [3.8, 4) is 0 Å². The highest BCUT2D eigenvalue weighted by Gasteiger charge is 2.17. The molecular weight excluding hydrogens is 284 g/mol. The van der Waals surface area contributed by atoms with Gasteiger partial charge in [-0.3, -0.25) is 0 Å². The Hall–Kier alpha value is -1.43. The summed E-state index contributed by atoms with van der Waals surface area (Å²) in [5, 5.41) is 5.36. The van der Waals surface area contributed by atoms with Gasteiger partial charge in [-0.1, -0.05) is 30.3 Å². The Bertz CT molecular complexity index is 722. The molecule has 0 radical (unpaired) electrons. The van der Waals surface area contributed by atoms with Crippen LogP contribution in [-0.4, -0.2) is 27.5 Å². The zero-order valence-electron chi connectivity index (χ0n) is 11.9. The average Bonchev–Trinajstić information content (AvgIpc) is 3.00. The fourth-order valence-corrected chi connectivity index (χ4v) is 3.87. The smallest absolute Gasteiger partial charge is 0.240 e. The lowest BCUT2D eigenvalue weighted by Crippen LogP contribution is -2.30. The van der Waals surface area contributed by atoms with Crippen LogP contribution in [0.1, 0.15) is 19.3 Å². The summed E-state index contributed by atoms with van der Waals surface area (Å²) in [7, 11) is -3.42. The molecule has 0 saturated carbocycles. The van der Waals surface area contributed by atoms with Gasteiger partial charge in [-0.25, -0.2) is 13.1 Å². The molecule has 1 saturated heterocycles. The first-order chi connectivity index (χ1) is 10.1. The monoisotopic (exact) mass is 304 g/mol. The fraction of sp³-hybridized carbons (Fsp3) is 0.375. The third-order valence-electron chi connectivity index (χ3n) is 3.98. The van der Waals surface area contributed by atoms with Crippen molar-refractivity contribution in [3.63, 3.8) is 0 Å². The molecular formula is C16H20N2O2S. The molecule has 0 unspecified atom stereocenters. The van der Waals surface area contributed by atoms with Crippen molar-refractivity contribution in [2.75, 3.05) is 13.1 Å². The fourth-order valence-electron chi connectivity index (χ4n) is 2.79. The van der Waals surface area contributed by atoms with Gasteiger partial charge in [-0.15, -0.1) is 0 Å². The van der Waals surface area contributed by atoms with Gasteiger partial charge >= 0.3 is 0 Å². The van der Waals surface area contributed by atoms with Crippen LogP contribution >= 0.6 is 0 Å². The zero-order chi connectivity index (χ0) is 14.7. The highest BCUT2D eigenvalue weighted by atomic mass is 32.2. The first-order valence-electron chi connectivity index (χ1n) is 7.37. The van der Waals surface area contributed by atoms with Crippen molar-refractivity contribution < 1.29 is 8.42 Å². The largest absolute Gasteiger partial charge is 0.314 e. The molecule has 0 spiro atoms. The van der Waals surface area contributed by atoms with E-state index in [0.717, 1.165) is 30.2 Å². The maximum Gasteiger partial charge on any atom is 0.240 e. The molecule has 2 aromatic rings. The lowest BCUT2D eigenvalue weighted by molar-refractivity contribution is 0.539. The van der Waals surface area contributed by atoms with Crippen molar-refractivity contribution in [3.05, 3.63) is 42.5 Å². The molecule has 3 rings (SSSR count). The molecule has 1 aliphatic rings. The van der Waals surface area contributed by atoms with Crippen LogP contribution < -0.4 is 10.0 Å². The minimum Gasteiger partial charge on any atom is -0.314 e. The van der Waals surface area contributed by atoms with Gasteiger partial charge in [0.1, 0.15) is 0 Å². The maximum absolute atomic E-state index is 12.3. The number of fused-ring (bicyclic) bond motifs is 1. The third-order valence-corrected chi connectivity index (χ3v) is 5.44. The van der Waals surface area contributed by atoms with Gasteiger partial charge in [-0.05, 0) is 48.7 Å². The van der Waals surface area contributed by atoms with E-state index in [2.05, 4.69) is 10.0 Å². The van der Waals surface area contributed by atoms with Crippen LogP contribution in [0.4, 0.5) is 0 Å². The van der Waals surface area contributed by atoms with Crippen molar-refractivity contribution in [1.29, 1.82) is 0 Å². The highest BCUT2D eigenvalue weighted by Crippen LogP contribution is 2.19. The molecule has 4 nitrogen and oxygen atoms in total. The molecule has 1 heterocycles. The lowest BCUT2D eigenvalue weighted by Gasteiger charge is -2.11. The first kappa shape index (κ1) is 14.5. The number of benzene rings is 2. The second kappa shape index (κ2) is 6.13. The Balaban J connectivity index is 1.70. The Kier molecular flexibility index (Phi) is 4.24. The molecule has 2 N–H and O–H groups in total. The van der Waals surface area contributed by atoms with Crippen LogP contribution in [0.5, 0.6) is 0 Å². The van der Waals surface area contributed by atoms with E-state index in [4.69, 9.17) is 0 Å². The minimum absolute atomic E-state index is 0.334. The van der Waals surface area contributed by atoms with Gasteiger partial charge in [0.15, 0.2) is 0 Å². The number of hydrogen-bond acceptors (Lipinski definition) is 3. The predicted molar refractivity (Wildman–Crippen MR) is 84.8 cm³/mol. The van der Waals surface area contributed by atoms with Crippen LogP contribution in [0.15, 0.2) is 47.4 Å². The summed E-state index contributed by atoms with van der Waals surface area (Å²) in [6.45, 7) is 1.52. The van der Waals surface area contributed by atoms with Gasteiger partial charge in [-0.2, -0.15) is 0 Å². The molecule has 1 fully saturated rings. The van der Waals surface area contributed by atoms with Gasteiger partial charge in [0, 0.05) is 12.6 Å². The zero-order valence-corrected chi connectivity index (χ0v) is 12.7. The summed E-state index contributed by atoms with van der Waals surface area (Å²) in [6.07, 6.45) is 3.16. The molecule has 0 aliphatic carbocycles. The molecule has 1 aliphatic heterocycles. The number of rotatable bonds is 5. The standard InChI is InChI=1S/C16H20N2O2S/c19-21(20,18-11-9-15-6-3-10-17-15)16-8-7-13-4-1-2-5-14(13)12-16/h1-2,4-5,7-8,12,15,17-18H,3,6,9-11H2/t15-/m1/s1. The number of hydrogen-bond donors (Lipinski definition) is 2. The molecule has 5 heteroatoms. The molecule has 0 amide bonds. The first-order valence-corrected chi connectivity index (χ1v) is 8.85. The summed E-state index contributed by atoms with van der Waals surface area (Å²) < 4.78 is 27.3. The topological polar surface area (TPSA) is 58.2 Å². The van der Waals surface area contributed by atoms with E-state index in [0.29, 0.717) is 17.5 Å². The van der Waals surface area contributed by atoms with Crippen LogP contribution in [0.3, 0.4) is 0 Å². The quantitative estimate of drug-likeness (QED) is 0.891. The van der Waals surface area contributed by atoms with Gasteiger partial charge in [0.25, 0.3) is 0 Å². The Morgan fingerprint density at radius 3 is 2.71 bits per heavy atom. The van der Waals surface area contributed by atoms with Crippen LogP contribution in [0, 0.1) is 0 Å². The van der Waals surface area contributed by atoms with Gasteiger partial charge in [0.2, 0.25) is 10.0 Å². The molecule has 2 aromatic carbocycles. The Morgan fingerprint density at radius 2 is 1.95 bits per heavy atom. The molecule has 0 aromatic heterocycles. The second-order valence-electron chi connectivity index (χ2n) is 5.49. The van der Waals surface area contributed by atoms with E-state index < -0.39 is 10.0 Å². The van der Waals surface area contributed by atoms with Crippen molar-refractivity contribution in [1.82, 2.24) is 10.0 Å². The van der Waals surface area contributed by atoms with E-state index in [1.807, 2.05) is 30.3 Å². The van der Waals surface area contributed by atoms with Crippen molar-refractivity contribution in [2.45, 2.75) is 30.2 Å². The molecule has 112 valence electrons. The van der Waals surface area contributed by atoms with E-state index in [1.54, 1.807) is 12.1 Å². The second-order valence-corrected chi connectivity index (χ2v) is 7.26. The summed E-state index contributed by atoms with van der Waals surface area (Å²) in [5.41, 5.74) is 0. The minimum atomic E-state index is -3.42. The van der Waals surface area contributed by atoms with E-state index in [9.17, 15) is 8.42 Å². The molecule has 21 heavy (non-hydrogen) atoms. The summed E-state index contributed by atoms with van der Waals surface area (Å²) in [6, 6.07) is 13.5. The average molecular weight is 304 g/mol. The third kappa shape index (κ3) is 3.43. The molecule has 0 bridgehead atoms. The van der Waals surface area contributed by atoms with Crippen LogP contribution in [-0.2, 0) is 10.0 Å². The predicted octanol–water partition coefficient (Wildman–Crippen LogP) is 2.26. The Labute approximate surface area is 125 Å². The van der Waals surface area contributed by atoms with E-state index >= 15 is 0 Å². The Morgan fingerprint density at radius 1 is 1.14 bits per heavy atom. The summed E-state index contributed by atoms with van der Waals surface area (Å²) >= 11 is 0. The number of sulfonamides is 1. The van der Waals surface area contributed by atoms with Crippen LogP contribution in [0.25, 0.3) is 10.8 Å². The summed E-state index contributed by atoms with van der Waals surface area (Å²) in [5.74, 6) is 0. The van der Waals surface area contributed by atoms with Gasteiger partial charge < -0.3 is 5.32 Å². The van der Waals surface area contributed by atoms with Crippen molar-refractivity contribution in [2.24, 2.45) is 0 Å². The summed E-state index contributed by atoms with van der Waals surface area (Å²) in [4.78, 5) is 0.334. The van der Waals surface area contributed by atoms with E-state index in [-0.39, 0.29) is 0 Å². The van der Waals surface area contributed by atoms with E-state index in [1.165, 1.54) is 6.42 Å². The highest BCUT2D eigenvalue weighted by molar-refractivity contribution is 7.89. The maximum atomic E-state index is 12.3. The lowest BCUT2D eigenvalue weighted by atomic mass is 10.1. The van der Waals surface area contributed by atoms with Gasteiger partial charge in [0.05, 0.1) is 4.90 Å². The SMILES string of the molecule is O=S(=O)(NCC[C@H]1CCCN1)c1ccc2ccccc2c1.